The van der Waals surface area contributed by atoms with Gasteiger partial charge in [0.2, 0.25) is 0 Å². The predicted octanol–water partition coefficient (Wildman–Crippen LogP) is 1.45. The lowest BCUT2D eigenvalue weighted by molar-refractivity contribution is -0.118. The number of aryl methyl sites for hydroxylation is 2. The molecule has 0 fully saturated rings. The second-order valence-electron chi connectivity index (χ2n) is 3.33. The van der Waals surface area contributed by atoms with Crippen molar-refractivity contribution in [3.63, 3.8) is 0 Å². The van der Waals surface area contributed by atoms with Gasteiger partial charge in [0.05, 0.1) is 5.69 Å². The quantitative estimate of drug-likeness (QED) is 0.576. The third kappa shape index (κ3) is 1.24. The number of Topliss-reactive ketones (excluding diaryl/α,β-unsaturated/α-hetero) is 1. The molecule has 1 aliphatic carbocycles. The molecule has 2 heteroatoms. The largest absolute Gasteiger partial charge is 0.299 e. The SMILES string of the molecule is Cc1cnc2c(c1)CCC(=O)C2. The van der Waals surface area contributed by atoms with Crippen molar-refractivity contribution in [3.8, 4) is 0 Å². The zero-order valence-electron chi connectivity index (χ0n) is 7.13. The molecular weight excluding hydrogens is 150 g/mol. The first-order chi connectivity index (χ1) is 5.75. The first kappa shape index (κ1) is 7.47. The monoisotopic (exact) mass is 161 g/mol. The number of rotatable bonds is 0. The summed E-state index contributed by atoms with van der Waals surface area (Å²) in [4.78, 5) is 15.3. The van der Waals surface area contributed by atoms with E-state index in [1.54, 1.807) is 0 Å². The number of hydrogen-bond donors (Lipinski definition) is 0. The molecule has 62 valence electrons. The Kier molecular flexibility index (Phi) is 1.68. The number of nitrogens with zero attached hydrogens (tertiary/aromatic N) is 1. The maximum Gasteiger partial charge on any atom is 0.139 e. The van der Waals surface area contributed by atoms with Crippen LogP contribution < -0.4 is 0 Å². The highest BCUT2D eigenvalue weighted by Gasteiger charge is 2.15. The zero-order valence-corrected chi connectivity index (χ0v) is 7.13. The lowest BCUT2D eigenvalue weighted by Crippen LogP contribution is -2.14. The van der Waals surface area contributed by atoms with E-state index in [4.69, 9.17) is 0 Å². The summed E-state index contributed by atoms with van der Waals surface area (Å²) in [5.41, 5.74) is 3.43. The van der Waals surface area contributed by atoms with Crippen LogP contribution in [0.5, 0.6) is 0 Å². The molecule has 0 amide bonds. The van der Waals surface area contributed by atoms with Crippen molar-refractivity contribution in [1.82, 2.24) is 4.98 Å². The van der Waals surface area contributed by atoms with Gasteiger partial charge in [-0.05, 0) is 24.5 Å². The Balaban J connectivity index is 2.43. The van der Waals surface area contributed by atoms with Crippen molar-refractivity contribution >= 4 is 5.78 Å². The molecule has 0 radical (unpaired) electrons. The second kappa shape index (κ2) is 2.70. The molecule has 2 nitrogen and oxygen atoms in total. The van der Waals surface area contributed by atoms with Crippen molar-refractivity contribution in [2.75, 3.05) is 0 Å². The van der Waals surface area contributed by atoms with Gasteiger partial charge in [-0.25, -0.2) is 0 Å². The molecule has 0 saturated heterocycles. The summed E-state index contributed by atoms with van der Waals surface area (Å²) >= 11 is 0. The molecule has 0 N–H and O–H groups in total. The van der Waals surface area contributed by atoms with Crippen molar-refractivity contribution in [1.29, 1.82) is 0 Å². The van der Waals surface area contributed by atoms with E-state index in [-0.39, 0.29) is 0 Å². The van der Waals surface area contributed by atoms with E-state index in [2.05, 4.69) is 11.1 Å². The van der Waals surface area contributed by atoms with E-state index in [0.717, 1.165) is 12.1 Å². The fourth-order valence-electron chi connectivity index (χ4n) is 1.58. The molecule has 0 spiro atoms. The summed E-state index contributed by atoms with van der Waals surface area (Å²) in [7, 11) is 0. The molecule has 1 heterocycles. The summed E-state index contributed by atoms with van der Waals surface area (Å²) in [5, 5.41) is 0. The lowest BCUT2D eigenvalue weighted by Gasteiger charge is -2.13. The van der Waals surface area contributed by atoms with Crippen molar-refractivity contribution in [2.24, 2.45) is 0 Å². The normalized spacial score (nSPS) is 15.9. The van der Waals surface area contributed by atoms with Crippen LogP contribution >= 0.6 is 0 Å². The first-order valence-corrected chi connectivity index (χ1v) is 4.22. The number of fused-ring (bicyclic) bond motifs is 1. The Morgan fingerprint density at radius 1 is 1.42 bits per heavy atom. The number of hydrogen-bond acceptors (Lipinski definition) is 2. The van der Waals surface area contributed by atoms with Crippen LogP contribution in [0.15, 0.2) is 12.3 Å². The smallest absolute Gasteiger partial charge is 0.139 e. The maximum atomic E-state index is 11.1. The Hall–Kier alpha value is -1.18. The molecule has 0 saturated carbocycles. The van der Waals surface area contributed by atoms with Gasteiger partial charge >= 0.3 is 0 Å². The van der Waals surface area contributed by atoms with Gasteiger partial charge in [-0.3, -0.25) is 9.78 Å². The summed E-state index contributed by atoms with van der Waals surface area (Å²) in [6.07, 6.45) is 3.94. The molecule has 0 aromatic carbocycles. The molecule has 1 aromatic rings. The predicted molar refractivity (Wildman–Crippen MR) is 46.0 cm³/mol. The van der Waals surface area contributed by atoms with Crippen LogP contribution in [-0.2, 0) is 17.6 Å². The van der Waals surface area contributed by atoms with Crippen LogP contribution in [0.25, 0.3) is 0 Å². The molecule has 1 aromatic heterocycles. The Morgan fingerprint density at radius 2 is 2.25 bits per heavy atom. The lowest BCUT2D eigenvalue weighted by atomic mass is 9.94. The van der Waals surface area contributed by atoms with Gasteiger partial charge in [0, 0.05) is 19.0 Å². The molecule has 2 rings (SSSR count). The Morgan fingerprint density at radius 3 is 3.08 bits per heavy atom. The number of pyridine rings is 1. The maximum absolute atomic E-state index is 11.1. The van der Waals surface area contributed by atoms with Gasteiger partial charge in [-0.15, -0.1) is 0 Å². The van der Waals surface area contributed by atoms with Crippen LogP contribution in [0.4, 0.5) is 0 Å². The van der Waals surface area contributed by atoms with Gasteiger partial charge < -0.3 is 0 Å². The average molecular weight is 161 g/mol. The summed E-state index contributed by atoms with van der Waals surface area (Å²) in [5.74, 6) is 0.318. The molecule has 0 bridgehead atoms. The Labute approximate surface area is 71.6 Å². The van der Waals surface area contributed by atoms with Crippen molar-refractivity contribution in [2.45, 2.75) is 26.2 Å². The Bertz CT molecular complexity index is 331. The van der Waals surface area contributed by atoms with Crippen LogP contribution in [0.1, 0.15) is 23.2 Å². The summed E-state index contributed by atoms with van der Waals surface area (Å²) in [6, 6.07) is 2.13. The average Bonchev–Trinajstić information content (AvgIpc) is 2.05. The van der Waals surface area contributed by atoms with Crippen LogP contribution in [0.3, 0.4) is 0 Å². The van der Waals surface area contributed by atoms with Crippen LogP contribution in [-0.4, -0.2) is 10.8 Å². The third-order valence-corrected chi connectivity index (χ3v) is 2.23. The molecule has 12 heavy (non-hydrogen) atoms. The molecule has 0 atom stereocenters. The first-order valence-electron chi connectivity index (χ1n) is 4.22. The standard InChI is InChI=1S/C10H11NO/c1-7-4-8-2-3-9(12)5-10(8)11-6-7/h4,6H,2-3,5H2,1H3. The van der Waals surface area contributed by atoms with Gasteiger partial charge in [-0.1, -0.05) is 6.07 Å². The third-order valence-electron chi connectivity index (χ3n) is 2.23. The fraction of sp³-hybridized carbons (Fsp3) is 0.400. The van der Waals surface area contributed by atoms with E-state index in [9.17, 15) is 4.79 Å². The number of carbonyl (C=O) groups excluding carboxylic acids is 1. The van der Waals surface area contributed by atoms with E-state index in [1.807, 2.05) is 13.1 Å². The van der Waals surface area contributed by atoms with Gasteiger partial charge in [0.15, 0.2) is 0 Å². The molecular formula is C10H11NO. The van der Waals surface area contributed by atoms with E-state index in [1.165, 1.54) is 11.1 Å². The highest BCUT2D eigenvalue weighted by molar-refractivity contribution is 5.82. The number of aromatic nitrogens is 1. The summed E-state index contributed by atoms with van der Waals surface area (Å²) in [6.45, 7) is 2.03. The molecule has 0 unspecified atom stereocenters. The highest BCUT2D eigenvalue weighted by atomic mass is 16.1. The topological polar surface area (TPSA) is 30.0 Å². The van der Waals surface area contributed by atoms with E-state index in [0.29, 0.717) is 18.6 Å². The van der Waals surface area contributed by atoms with E-state index >= 15 is 0 Å². The van der Waals surface area contributed by atoms with Crippen molar-refractivity contribution in [3.05, 3.63) is 29.1 Å². The second-order valence-corrected chi connectivity index (χ2v) is 3.33. The highest BCUT2D eigenvalue weighted by Crippen LogP contribution is 2.17. The minimum Gasteiger partial charge on any atom is -0.299 e. The molecule has 1 aliphatic rings. The fourth-order valence-corrected chi connectivity index (χ4v) is 1.58. The minimum atomic E-state index is 0.318. The van der Waals surface area contributed by atoms with Crippen molar-refractivity contribution < 1.29 is 4.79 Å². The minimum absolute atomic E-state index is 0.318. The van der Waals surface area contributed by atoms with Gasteiger partial charge in [-0.2, -0.15) is 0 Å². The van der Waals surface area contributed by atoms with Gasteiger partial charge in [0.25, 0.3) is 0 Å². The van der Waals surface area contributed by atoms with Crippen LogP contribution in [0.2, 0.25) is 0 Å². The number of ketones is 1. The number of carbonyl (C=O) groups is 1. The summed E-state index contributed by atoms with van der Waals surface area (Å²) < 4.78 is 0. The van der Waals surface area contributed by atoms with Gasteiger partial charge in [0.1, 0.15) is 5.78 Å². The van der Waals surface area contributed by atoms with Crippen LogP contribution in [0, 0.1) is 6.92 Å². The van der Waals surface area contributed by atoms with E-state index < -0.39 is 0 Å². The molecule has 0 aliphatic heterocycles. The zero-order chi connectivity index (χ0) is 8.55.